The van der Waals surface area contributed by atoms with Crippen molar-refractivity contribution in [1.29, 1.82) is 0 Å². The molecule has 6 nitrogen and oxygen atoms in total. The molecule has 1 saturated carbocycles. The van der Waals surface area contributed by atoms with Gasteiger partial charge in [0.2, 0.25) is 0 Å². The Kier molecular flexibility index (Phi) is 4.09. The Bertz CT molecular complexity index is 455. The van der Waals surface area contributed by atoms with Crippen LogP contribution in [0.5, 0.6) is 0 Å². The second-order valence-corrected chi connectivity index (χ2v) is 4.55. The maximum absolute atomic E-state index is 12.1. The van der Waals surface area contributed by atoms with E-state index in [2.05, 4.69) is 15.3 Å². The smallest absolute Gasteiger partial charge is 0.331 e. The first kappa shape index (κ1) is 13.5. The van der Waals surface area contributed by atoms with Crippen LogP contribution in [0.4, 0.5) is 0 Å². The number of aromatic nitrogens is 2. The maximum Gasteiger partial charge on any atom is 0.331 e. The van der Waals surface area contributed by atoms with E-state index >= 15 is 0 Å². The Morgan fingerprint density at radius 3 is 2.68 bits per heavy atom. The zero-order chi connectivity index (χ0) is 13.7. The summed E-state index contributed by atoms with van der Waals surface area (Å²) in [5, 5.41) is 2.78. The van der Waals surface area contributed by atoms with Gasteiger partial charge in [0.25, 0.3) is 5.91 Å². The van der Waals surface area contributed by atoms with Gasteiger partial charge in [-0.05, 0) is 19.8 Å². The zero-order valence-corrected chi connectivity index (χ0v) is 10.9. The van der Waals surface area contributed by atoms with E-state index < -0.39 is 5.54 Å². The Hall–Kier alpha value is -1.98. The minimum absolute atomic E-state index is 0.207. The van der Waals surface area contributed by atoms with Gasteiger partial charge in [-0.2, -0.15) is 0 Å². The number of hydrogen-bond donors (Lipinski definition) is 1. The third kappa shape index (κ3) is 2.89. The number of carbonyl (C=O) groups excluding carboxylic acids is 2. The molecule has 0 radical (unpaired) electrons. The van der Waals surface area contributed by atoms with Gasteiger partial charge < -0.3 is 10.1 Å². The van der Waals surface area contributed by atoms with E-state index in [1.807, 2.05) is 0 Å². The average Bonchev–Trinajstić information content (AvgIpc) is 2.90. The molecular weight excluding hydrogens is 246 g/mol. The van der Waals surface area contributed by atoms with Crippen LogP contribution in [0.15, 0.2) is 18.6 Å². The minimum Gasteiger partial charge on any atom is -0.464 e. The van der Waals surface area contributed by atoms with E-state index in [4.69, 9.17) is 4.74 Å². The molecule has 0 spiro atoms. The topological polar surface area (TPSA) is 81.2 Å². The van der Waals surface area contributed by atoms with E-state index in [1.165, 1.54) is 18.6 Å². The molecule has 1 N–H and O–H groups in total. The molecule has 1 aliphatic carbocycles. The molecule has 0 unspecified atom stereocenters. The fourth-order valence-corrected chi connectivity index (χ4v) is 2.33. The number of nitrogens with zero attached hydrogens (tertiary/aromatic N) is 2. The fraction of sp³-hybridized carbons (Fsp3) is 0.538. The van der Waals surface area contributed by atoms with E-state index in [-0.39, 0.29) is 17.6 Å². The van der Waals surface area contributed by atoms with Crippen molar-refractivity contribution >= 4 is 11.9 Å². The van der Waals surface area contributed by atoms with Crippen LogP contribution < -0.4 is 5.32 Å². The summed E-state index contributed by atoms with van der Waals surface area (Å²) < 4.78 is 5.08. The summed E-state index contributed by atoms with van der Waals surface area (Å²) in [6, 6.07) is 0. The van der Waals surface area contributed by atoms with Gasteiger partial charge in [-0.25, -0.2) is 9.78 Å². The summed E-state index contributed by atoms with van der Waals surface area (Å²) in [7, 11) is 0. The van der Waals surface area contributed by atoms with E-state index in [1.54, 1.807) is 6.92 Å². The minimum atomic E-state index is -0.898. The lowest BCUT2D eigenvalue weighted by Gasteiger charge is -2.27. The molecule has 0 aliphatic heterocycles. The van der Waals surface area contributed by atoms with Gasteiger partial charge in [-0.3, -0.25) is 9.78 Å². The normalized spacial score (nSPS) is 16.9. The lowest BCUT2D eigenvalue weighted by Crippen LogP contribution is -2.53. The second kappa shape index (κ2) is 5.77. The van der Waals surface area contributed by atoms with Gasteiger partial charge in [0.05, 0.1) is 12.8 Å². The molecular formula is C13H17N3O3. The van der Waals surface area contributed by atoms with Gasteiger partial charge >= 0.3 is 5.97 Å². The molecule has 0 saturated heterocycles. The van der Waals surface area contributed by atoms with Crippen molar-refractivity contribution in [3.8, 4) is 0 Å². The molecule has 102 valence electrons. The number of carbonyl (C=O) groups is 2. The number of esters is 1. The van der Waals surface area contributed by atoms with Crippen LogP contribution in [0.2, 0.25) is 0 Å². The molecule has 1 aliphatic rings. The standard InChI is InChI=1S/C13H17N3O3/c1-2-19-12(18)13(5-3-4-6-13)16-11(17)10-9-14-7-8-15-10/h7-9H,2-6H2,1H3,(H,16,17). The molecule has 19 heavy (non-hydrogen) atoms. The molecule has 1 aromatic heterocycles. The number of rotatable bonds is 4. The quantitative estimate of drug-likeness (QED) is 0.822. The van der Waals surface area contributed by atoms with Crippen LogP contribution in [-0.2, 0) is 9.53 Å². The van der Waals surface area contributed by atoms with E-state index in [0.29, 0.717) is 19.4 Å². The first-order valence-electron chi connectivity index (χ1n) is 6.44. The van der Waals surface area contributed by atoms with Crippen molar-refractivity contribution in [1.82, 2.24) is 15.3 Å². The lowest BCUT2D eigenvalue weighted by atomic mass is 9.97. The number of hydrogen-bond acceptors (Lipinski definition) is 5. The van der Waals surface area contributed by atoms with Gasteiger partial charge in [0.15, 0.2) is 0 Å². The lowest BCUT2D eigenvalue weighted by molar-refractivity contribution is -0.150. The molecule has 1 fully saturated rings. The van der Waals surface area contributed by atoms with Crippen molar-refractivity contribution in [3.63, 3.8) is 0 Å². The second-order valence-electron chi connectivity index (χ2n) is 4.55. The van der Waals surface area contributed by atoms with Gasteiger partial charge in [0, 0.05) is 12.4 Å². The van der Waals surface area contributed by atoms with Crippen LogP contribution in [0, 0.1) is 0 Å². The predicted molar refractivity (Wildman–Crippen MR) is 67.3 cm³/mol. The maximum atomic E-state index is 12.1. The Morgan fingerprint density at radius 1 is 1.37 bits per heavy atom. The molecule has 1 aromatic rings. The monoisotopic (exact) mass is 263 g/mol. The number of amides is 1. The van der Waals surface area contributed by atoms with Crippen LogP contribution in [-0.4, -0.2) is 34.0 Å². The Balaban J connectivity index is 2.13. The Morgan fingerprint density at radius 2 is 2.11 bits per heavy atom. The molecule has 0 bridgehead atoms. The van der Waals surface area contributed by atoms with Crippen LogP contribution >= 0.6 is 0 Å². The highest BCUT2D eigenvalue weighted by atomic mass is 16.5. The summed E-state index contributed by atoms with van der Waals surface area (Å²) in [5.41, 5.74) is -0.692. The van der Waals surface area contributed by atoms with Crippen molar-refractivity contribution in [2.75, 3.05) is 6.61 Å². The number of nitrogens with one attached hydrogen (secondary N) is 1. The highest BCUT2D eigenvalue weighted by molar-refractivity contribution is 5.96. The summed E-state index contributed by atoms with van der Waals surface area (Å²) >= 11 is 0. The van der Waals surface area contributed by atoms with Crippen LogP contribution in [0.3, 0.4) is 0 Å². The number of ether oxygens (including phenoxy) is 1. The molecule has 0 atom stereocenters. The fourth-order valence-electron chi connectivity index (χ4n) is 2.33. The molecule has 1 heterocycles. The van der Waals surface area contributed by atoms with Crippen molar-refractivity contribution < 1.29 is 14.3 Å². The highest BCUT2D eigenvalue weighted by Gasteiger charge is 2.44. The van der Waals surface area contributed by atoms with Gasteiger partial charge in [-0.1, -0.05) is 12.8 Å². The Labute approximate surface area is 111 Å². The first-order chi connectivity index (χ1) is 9.18. The predicted octanol–water partition coefficient (Wildman–Crippen LogP) is 1.08. The molecule has 1 amide bonds. The van der Waals surface area contributed by atoms with Crippen molar-refractivity contribution in [3.05, 3.63) is 24.3 Å². The van der Waals surface area contributed by atoms with Crippen molar-refractivity contribution in [2.24, 2.45) is 0 Å². The van der Waals surface area contributed by atoms with Gasteiger partial charge in [-0.15, -0.1) is 0 Å². The van der Waals surface area contributed by atoms with Crippen LogP contribution in [0.1, 0.15) is 43.1 Å². The average molecular weight is 263 g/mol. The molecule has 2 rings (SSSR count). The van der Waals surface area contributed by atoms with E-state index in [0.717, 1.165) is 12.8 Å². The molecule has 0 aromatic carbocycles. The zero-order valence-electron chi connectivity index (χ0n) is 10.9. The summed E-state index contributed by atoms with van der Waals surface area (Å²) in [4.78, 5) is 31.9. The summed E-state index contributed by atoms with van der Waals surface area (Å²) in [6.07, 6.45) is 7.34. The van der Waals surface area contributed by atoms with Gasteiger partial charge in [0.1, 0.15) is 11.2 Å². The summed E-state index contributed by atoms with van der Waals surface area (Å²) in [5.74, 6) is -0.743. The van der Waals surface area contributed by atoms with E-state index in [9.17, 15) is 9.59 Å². The summed E-state index contributed by atoms with van der Waals surface area (Å²) in [6.45, 7) is 2.06. The highest BCUT2D eigenvalue weighted by Crippen LogP contribution is 2.31. The first-order valence-corrected chi connectivity index (χ1v) is 6.44. The molecule has 6 heteroatoms. The third-order valence-corrected chi connectivity index (χ3v) is 3.27. The SMILES string of the molecule is CCOC(=O)C1(NC(=O)c2cnccn2)CCCC1. The largest absolute Gasteiger partial charge is 0.464 e. The third-order valence-electron chi connectivity index (χ3n) is 3.27. The van der Waals surface area contributed by atoms with Crippen LogP contribution in [0.25, 0.3) is 0 Å². The van der Waals surface area contributed by atoms with Crippen molar-refractivity contribution in [2.45, 2.75) is 38.1 Å².